The van der Waals surface area contributed by atoms with Gasteiger partial charge in [0.1, 0.15) is 6.61 Å². The first-order valence-electron chi connectivity index (χ1n) is 28.5. The maximum absolute atomic E-state index is 12.6. The Morgan fingerprint density at radius 2 is 0.776 bits per heavy atom. The van der Waals surface area contributed by atoms with Crippen LogP contribution in [0.3, 0.4) is 0 Å². The van der Waals surface area contributed by atoms with Crippen molar-refractivity contribution < 1.29 is 37.6 Å². The lowest BCUT2D eigenvalue weighted by Crippen LogP contribution is -2.29. The second-order valence-corrected chi connectivity index (χ2v) is 20.6. The van der Waals surface area contributed by atoms with Gasteiger partial charge in [0.05, 0.1) is 13.2 Å². The molecule has 0 saturated carbocycles. The minimum absolute atomic E-state index is 0.0518. The van der Waals surface area contributed by atoms with E-state index in [-0.39, 0.29) is 38.6 Å². The summed E-state index contributed by atoms with van der Waals surface area (Å²) in [5, 5.41) is 0. The number of nitrogens with two attached hydrogens (primary N) is 1. The fraction of sp³-hybridized carbons (Fsp3) is 0.860. The Morgan fingerprint density at radius 1 is 0.448 bits per heavy atom. The van der Waals surface area contributed by atoms with Crippen molar-refractivity contribution in [1.82, 2.24) is 0 Å². The number of hydrogen-bond donors (Lipinski definition) is 2. The van der Waals surface area contributed by atoms with E-state index in [0.29, 0.717) is 6.42 Å². The lowest BCUT2D eigenvalue weighted by Gasteiger charge is -2.19. The van der Waals surface area contributed by atoms with Gasteiger partial charge in [-0.05, 0) is 70.6 Å². The molecule has 0 aromatic rings. The maximum atomic E-state index is 12.6. The van der Waals surface area contributed by atoms with Crippen molar-refractivity contribution in [3.8, 4) is 0 Å². The van der Waals surface area contributed by atoms with E-state index in [0.717, 1.165) is 57.8 Å². The standard InChI is InChI=1S/C57H108NO8P/c1-3-5-7-9-11-13-15-17-19-20-21-22-23-24-25-26-27-28-29-30-31-32-33-34-36-37-39-41-43-45-47-49-56(59)63-53-55(54-65-67(61,62)64-52-51-58)66-57(60)50-48-46-44-42-40-38-35-18-16-14-12-10-8-6-4-2/h12,14,18,20-21,35,55H,3-11,13,15-17,19,22-34,36-54,58H2,1-2H3,(H,61,62)/b14-12-,21-20-,35-18-. The number of unbranched alkanes of at least 4 members (excludes halogenated alkanes) is 35. The summed E-state index contributed by atoms with van der Waals surface area (Å²) in [5.74, 6) is -0.833. The number of allylic oxidation sites excluding steroid dienone is 6. The number of rotatable bonds is 54. The van der Waals surface area contributed by atoms with Gasteiger partial charge in [-0.3, -0.25) is 18.6 Å². The molecular weight excluding hydrogens is 858 g/mol. The summed E-state index contributed by atoms with van der Waals surface area (Å²) in [6.45, 7) is 3.73. The quantitative estimate of drug-likeness (QED) is 0.0264. The molecule has 3 N–H and O–H groups in total. The highest BCUT2D eigenvalue weighted by molar-refractivity contribution is 7.47. The molecule has 0 aliphatic heterocycles. The van der Waals surface area contributed by atoms with Crippen molar-refractivity contribution in [3.63, 3.8) is 0 Å². The van der Waals surface area contributed by atoms with Crippen molar-refractivity contribution in [3.05, 3.63) is 36.5 Å². The molecule has 2 atom stereocenters. The summed E-state index contributed by atoms with van der Waals surface area (Å²) in [5.41, 5.74) is 5.37. The summed E-state index contributed by atoms with van der Waals surface area (Å²) in [6, 6.07) is 0. The average molecular weight is 966 g/mol. The van der Waals surface area contributed by atoms with Crippen LogP contribution in [0.15, 0.2) is 36.5 Å². The van der Waals surface area contributed by atoms with Gasteiger partial charge in [0.2, 0.25) is 0 Å². The number of ether oxygens (including phenoxy) is 2. The Balaban J connectivity index is 3.86. The Hall–Kier alpha value is -1.77. The molecule has 0 aliphatic carbocycles. The third-order valence-electron chi connectivity index (χ3n) is 12.5. The van der Waals surface area contributed by atoms with E-state index in [1.54, 1.807) is 0 Å². The third kappa shape index (κ3) is 53.4. The average Bonchev–Trinajstić information content (AvgIpc) is 3.32. The van der Waals surface area contributed by atoms with Crippen LogP contribution in [0.5, 0.6) is 0 Å². The van der Waals surface area contributed by atoms with Crippen LogP contribution in [0, 0.1) is 0 Å². The van der Waals surface area contributed by atoms with E-state index in [9.17, 15) is 19.0 Å². The molecule has 0 rings (SSSR count). The van der Waals surface area contributed by atoms with Gasteiger partial charge in [-0.15, -0.1) is 0 Å². The van der Waals surface area contributed by atoms with Crippen molar-refractivity contribution >= 4 is 19.8 Å². The number of phosphoric acid groups is 1. The first-order valence-corrected chi connectivity index (χ1v) is 30.0. The molecule has 0 amide bonds. The zero-order valence-corrected chi connectivity index (χ0v) is 44.8. The van der Waals surface area contributed by atoms with Gasteiger partial charge >= 0.3 is 19.8 Å². The van der Waals surface area contributed by atoms with Crippen LogP contribution in [-0.2, 0) is 32.7 Å². The van der Waals surface area contributed by atoms with E-state index >= 15 is 0 Å². The van der Waals surface area contributed by atoms with E-state index in [1.807, 2.05) is 0 Å². The van der Waals surface area contributed by atoms with Gasteiger partial charge in [-0.25, -0.2) is 4.57 Å². The lowest BCUT2D eigenvalue weighted by atomic mass is 10.0. The van der Waals surface area contributed by atoms with Crippen LogP contribution in [0.1, 0.15) is 284 Å². The summed E-state index contributed by atoms with van der Waals surface area (Å²) in [4.78, 5) is 35.1. The minimum atomic E-state index is -4.39. The van der Waals surface area contributed by atoms with E-state index in [2.05, 4.69) is 50.3 Å². The van der Waals surface area contributed by atoms with Crippen molar-refractivity contribution in [2.24, 2.45) is 5.73 Å². The van der Waals surface area contributed by atoms with E-state index in [1.165, 1.54) is 193 Å². The largest absolute Gasteiger partial charge is 0.472 e. The predicted molar refractivity (Wildman–Crippen MR) is 284 cm³/mol. The van der Waals surface area contributed by atoms with Crippen molar-refractivity contribution in [1.29, 1.82) is 0 Å². The van der Waals surface area contributed by atoms with Crippen molar-refractivity contribution in [2.45, 2.75) is 290 Å². The molecule has 0 aliphatic rings. The monoisotopic (exact) mass is 966 g/mol. The highest BCUT2D eigenvalue weighted by Gasteiger charge is 2.26. The molecule has 0 heterocycles. The number of carbonyl (C=O) groups is 2. The summed E-state index contributed by atoms with van der Waals surface area (Å²) >= 11 is 0. The molecule has 0 spiro atoms. The molecule has 0 radical (unpaired) electrons. The molecule has 2 unspecified atom stereocenters. The van der Waals surface area contributed by atoms with Crippen LogP contribution < -0.4 is 5.73 Å². The maximum Gasteiger partial charge on any atom is 0.472 e. The zero-order valence-electron chi connectivity index (χ0n) is 43.9. The number of phosphoric ester groups is 1. The number of carbonyl (C=O) groups excluding carboxylic acids is 2. The Morgan fingerprint density at radius 3 is 1.18 bits per heavy atom. The lowest BCUT2D eigenvalue weighted by molar-refractivity contribution is -0.161. The number of esters is 2. The van der Waals surface area contributed by atoms with Crippen LogP contribution in [0.4, 0.5) is 0 Å². The number of hydrogen-bond acceptors (Lipinski definition) is 8. The summed E-state index contributed by atoms with van der Waals surface area (Å²) in [7, 11) is -4.39. The smallest absolute Gasteiger partial charge is 0.462 e. The molecule has 0 bridgehead atoms. The highest BCUT2D eigenvalue weighted by atomic mass is 31.2. The van der Waals surface area contributed by atoms with Crippen LogP contribution >= 0.6 is 7.82 Å². The molecule has 0 fully saturated rings. The van der Waals surface area contributed by atoms with Crippen LogP contribution in [-0.4, -0.2) is 49.3 Å². The Labute approximate surface area is 414 Å². The topological polar surface area (TPSA) is 134 Å². The fourth-order valence-electron chi connectivity index (χ4n) is 8.25. The normalized spacial score (nSPS) is 13.3. The molecule has 0 saturated heterocycles. The molecule has 67 heavy (non-hydrogen) atoms. The van der Waals surface area contributed by atoms with Gasteiger partial charge in [-0.2, -0.15) is 0 Å². The molecule has 394 valence electrons. The Bertz CT molecular complexity index is 1190. The Kier molecular flexibility index (Phi) is 52.2. The van der Waals surface area contributed by atoms with Crippen molar-refractivity contribution in [2.75, 3.05) is 26.4 Å². The van der Waals surface area contributed by atoms with Crippen LogP contribution in [0.25, 0.3) is 0 Å². The predicted octanol–water partition coefficient (Wildman–Crippen LogP) is 17.6. The third-order valence-corrected chi connectivity index (χ3v) is 13.5. The van der Waals surface area contributed by atoms with Gasteiger partial charge in [0.15, 0.2) is 6.10 Å². The van der Waals surface area contributed by atoms with E-state index in [4.69, 9.17) is 24.3 Å². The van der Waals surface area contributed by atoms with Gasteiger partial charge < -0.3 is 20.1 Å². The SMILES string of the molecule is CCCCC/C=C\C/C=C\CCCCCCCC(=O)OC(COC(=O)CCCCCCCCCCCCCCCCCCCCC/C=C\CCCCCCCCCC)COP(=O)(O)OCCN. The first-order chi connectivity index (χ1) is 32.8. The molecule has 9 nitrogen and oxygen atoms in total. The first kappa shape index (κ1) is 65.2. The summed E-state index contributed by atoms with van der Waals surface area (Å²) < 4.78 is 32.9. The molecule has 10 heteroatoms. The van der Waals surface area contributed by atoms with Crippen LogP contribution in [0.2, 0.25) is 0 Å². The second-order valence-electron chi connectivity index (χ2n) is 19.2. The van der Waals surface area contributed by atoms with Gasteiger partial charge in [0, 0.05) is 19.4 Å². The fourth-order valence-corrected chi connectivity index (χ4v) is 9.02. The second kappa shape index (κ2) is 53.6. The molecular formula is C57H108NO8P. The molecule has 0 aromatic carbocycles. The minimum Gasteiger partial charge on any atom is -0.462 e. The molecule has 0 aromatic heterocycles. The zero-order chi connectivity index (χ0) is 48.8. The van der Waals surface area contributed by atoms with Gasteiger partial charge in [-0.1, -0.05) is 237 Å². The highest BCUT2D eigenvalue weighted by Crippen LogP contribution is 2.43. The summed E-state index contributed by atoms with van der Waals surface area (Å²) in [6.07, 6.45) is 63.6. The van der Waals surface area contributed by atoms with Gasteiger partial charge in [0.25, 0.3) is 0 Å². The van der Waals surface area contributed by atoms with E-state index < -0.39 is 26.5 Å².